The monoisotopic (exact) mass is 489 g/mol. The van der Waals surface area contributed by atoms with Gasteiger partial charge < -0.3 is 0 Å². The fourth-order valence-corrected chi connectivity index (χ4v) is 6.14. The van der Waals surface area contributed by atoms with E-state index in [0.717, 1.165) is 11.1 Å². The van der Waals surface area contributed by atoms with E-state index in [4.69, 9.17) is 0 Å². The minimum absolute atomic E-state index is 0.175. The van der Waals surface area contributed by atoms with Crippen molar-refractivity contribution < 1.29 is 16.8 Å². The Morgan fingerprint density at radius 2 is 1.29 bits per heavy atom. The number of sulfonamides is 1. The summed E-state index contributed by atoms with van der Waals surface area (Å²) in [7, 11) is -7.47. The first-order valence-electron chi connectivity index (χ1n) is 10.3. The largest absolute Gasteiger partial charge is 0.280 e. The van der Waals surface area contributed by atoms with Crippen LogP contribution in [0.2, 0.25) is 0 Å². The number of benzene rings is 3. The topological polar surface area (TPSA) is 98.1 Å². The average molecular weight is 490 g/mol. The van der Waals surface area contributed by atoms with Crippen LogP contribution in [-0.4, -0.2) is 25.8 Å². The third-order valence-electron chi connectivity index (χ3n) is 5.38. The standard InChI is InChI=1S/C25H19N3O4S2/c29-33(30,21-7-3-1-4-8-21)27-20-13-11-19(12-14-20)24-17-26-18-25-23(24)15-16-28(25)34(31,32)22-9-5-2-6-10-22/h1-18,27H. The lowest BCUT2D eigenvalue weighted by molar-refractivity contribution is 0.589. The molecule has 0 radical (unpaired) electrons. The maximum atomic E-state index is 13.1. The Morgan fingerprint density at radius 3 is 1.94 bits per heavy atom. The summed E-state index contributed by atoms with van der Waals surface area (Å²) in [4.78, 5) is 4.62. The Labute approximate surface area is 197 Å². The molecule has 5 aromatic rings. The molecular formula is C25H19N3O4S2. The molecule has 0 amide bonds. The van der Waals surface area contributed by atoms with Crippen molar-refractivity contribution in [2.45, 2.75) is 9.79 Å². The van der Waals surface area contributed by atoms with Gasteiger partial charge in [-0.3, -0.25) is 9.71 Å². The smallest absolute Gasteiger partial charge is 0.268 e. The highest BCUT2D eigenvalue weighted by molar-refractivity contribution is 7.92. The lowest BCUT2D eigenvalue weighted by atomic mass is 10.0. The Morgan fingerprint density at radius 1 is 0.676 bits per heavy atom. The molecule has 0 bridgehead atoms. The number of fused-ring (bicyclic) bond motifs is 1. The van der Waals surface area contributed by atoms with Crippen molar-refractivity contribution in [1.82, 2.24) is 8.96 Å². The molecule has 0 aliphatic carbocycles. The number of hydrogen-bond donors (Lipinski definition) is 1. The van der Waals surface area contributed by atoms with Crippen LogP contribution in [0.1, 0.15) is 0 Å². The van der Waals surface area contributed by atoms with E-state index in [0.29, 0.717) is 16.6 Å². The predicted molar refractivity (Wildman–Crippen MR) is 131 cm³/mol. The second-order valence-electron chi connectivity index (χ2n) is 7.55. The van der Waals surface area contributed by atoms with Crippen molar-refractivity contribution in [3.8, 4) is 11.1 Å². The molecule has 34 heavy (non-hydrogen) atoms. The highest BCUT2D eigenvalue weighted by Crippen LogP contribution is 2.31. The zero-order valence-corrected chi connectivity index (χ0v) is 19.4. The van der Waals surface area contributed by atoms with Gasteiger partial charge in [-0.1, -0.05) is 48.5 Å². The van der Waals surface area contributed by atoms with E-state index in [-0.39, 0.29) is 9.79 Å². The zero-order valence-electron chi connectivity index (χ0n) is 17.7. The van der Waals surface area contributed by atoms with Crippen LogP contribution in [-0.2, 0) is 20.0 Å². The van der Waals surface area contributed by atoms with E-state index >= 15 is 0 Å². The van der Waals surface area contributed by atoms with Gasteiger partial charge in [-0.25, -0.2) is 20.8 Å². The third-order valence-corrected chi connectivity index (χ3v) is 8.48. The summed E-state index contributed by atoms with van der Waals surface area (Å²) in [5.41, 5.74) is 2.37. The van der Waals surface area contributed by atoms with E-state index in [9.17, 15) is 16.8 Å². The first kappa shape index (κ1) is 21.9. The van der Waals surface area contributed by atoms with Crippen molar-refractivity contribution in [3.63, 3.8) is 0 Å². The molecule has 0 aliphatic rings. The van der Waals surface area contributed by atoms with E-state index in [1.165, 1.54) is 28.5 Å². The third kappa shape index (κ3) is 3.95. The van der Waals surface area contributed by atoms with Crippen molar-refractivity contribution in [2.75, 3.05) is 4.72 Å². The number of rotatable bonds is 6. The lowest BCUT2D eigenvalue weighted by Crippen LogP contribution is -2.12. The second-order valence-corrected chi connectivity index (χ2v) is 11.0. The van der Waals surface area contributed by atoms with Gasteiger partial charge >= 0.3 is 0 Å². The molecule has 0 aliphatic heterocycles. The fourth-order valence-electron chi connectivity index (χ4n) is 3.71. The summed E-state index contributed by atoms with van der Waals surface area (Å²) < 4.78 is 55.2. The first-order chi connectivity index (χ1) is 16.4. The Bertz CT molecular complexity index is 1680. The molecule has 5 rings (SSSR count). The Hall–Kier alpha value is -3.95. The average Bonchev–Trinajstić information content (AvgIpc) is 3.31. The molecule has 0 saturated carbocycles. The van der Waals surface area contributed by atoms with Crippen molar-refractivity contribution in [1.29, 1.82) is 0 Å². The van der Waals surface area contributed by atoms with Gasteiger partial charge in [0.1, 0.15) is 0 Å². The van der Waals surface area contributed by atoms with Gasteiger partial charge in [0.15, 0.2) is 0 Å². The van der Waals surface area contributed by atoms with Gasteiger partial charge in [-0.05, 0) is 48.0 Å². The molecule has 0 unspecified atom stereocenters. The highest BCUT2D eigenvalue weighted by atomic mass is 32.2. The first-order valence-corrected chi connectivity index (χ1v) is 13.2. The zero-order chi connectivity index (χ0) is 23.8. The molecule has 7 nitrogen and oxygen atoms in total. The maximum Gasteiger partial charge on any atom is 0.268 e. The highest BCUT2D eigenvalue weighted by Gasteiger charge is 2.20. The molecule has 0 spiro atoms. The fraction of sp³-hybridized carbons (Fsp3) is 0. The van der Waals surface area contributed by atoms with Crippen molar-refractivity contribution in [3.05, 3.63) is 110 Å². The Balaban J connectivity index is 1.49. The van der Waals surface area contributed by atoms with E-state index in [1.54, 1.807) is 85.1 Å². The number of pyridine rings is 1. The number of hydrogen-bond acceptors (Lipinski definition) is 5. The summed E-state index contributed by atoms with van der Waals surface area (Å²) in [6.07, 6.45) is 4.69. The van der Waals surface area contributed by atoms with Crippen LogP contribution in [0.4, 0.5) is 5.69 Å². The van der Waals surface area contributed by atoms with E-state index < -0.39 is 20.0 Å². The van der Waals surface area contributed by atoms with Crippen LogP contribution in [0.5, 0.6) is 0 Å². The summed E-state index contributed by atoms with van der Waals surface area (Å²) in [5.74, 6) is 0. The van der Waals surface area contributed by atoms with E-state index in [1.807, 2.05) is 0 Å². The van der Waals surface area contributed by atoms with E-state index in [2.05, 4.69) is 9.71 Å². The number of aromatic nitrogens is 2. The van der Waals surface area contributed by atoms with Crippen LogP contribution in [0.25, 0.3) is 22.0 Å². The molecule has 0 atom stereocenters. The van der Waals surface area contributed by atoms with Crippen molar-refractivity contribution in [2.24, 2.45) is 0 Å². The predicted octanol–water partition coefficient (Wildman–Crippen LogP) is 4.74. The normalized spacial score (nSPS) is 12.0. The van der Waals surface area contributed by atoms with Gasteiger partial charge in [0.2, 0.25) is 0 Å². The van der Waals surface area contributed by atoms with Crippen molar-refractivity contribution >= 4 is 36.6 Å². The van der Waals surface area contributed by atoms with Crippen LogP contribution < -0.4 is 4.72 Å². The second kappa shape index (κ2) is 8.44. The SMILES string of the molecule is O=S(=O)(Nc1ccc(-c2cncc3c2ccn3S(=O)(=O)c2ccccc2)cc1)c1ccccc1. The molecule has 0 saturated heterocycles. The molecule has 1 N–H and O–H groups in total. The Kier molecular flexibility index (Phi) is 5.43. The summed E-state index contributed by atoms with van der Waals surface area (Å²) >= 11 is 0. The maximum absolute atomic E-state index is 13.1. The molecular weight excluding hydrogens is 470 g/mol. The van der Waals surface area contributed by atoms with Crippen LogP contribution in [0.15, 0.2) is 119 Å². The minimum Gasteiger partial charge on any atom is -0.280 e. The van der Waals surface area contributed by atoms with Gasteiger partial charge in [0.25, 0.3) is 20.0 Å². The molecule has 9 heteroatoms. The molecule has 2 aromatic heterocycles. The number of nitrogens with zero attached hydrogens (tertiary/aromatic N) is 2. The quantitative estimate of drug-likeness (QED) is 0.371. The molecule has 0 fully saturated rings. The van der Waals surface area contributed by atoms with Crippen LogP contribution in [0.3, 0.4) is 0 Å². The molecule has 3 aromatic carbocycles. The van der Waals surface area contributed by atoms with Crippen LogP contribution in [0, 0.1) is 0 Å². The number of nitrogens with one attached hydrogen (secondary N) is 1. The summed E-state index contributed by atoms with van der Waals surface area (Å²) in [6.45, 7) is 0. The molecule has 2 heterocycles. The van der Waals surface area contributed by atoms with Crippen LogP contribution >= 0.6 is 0 Å². The minimum atomic E-state index is -3.77. The molecule has 170 valence electrons. The van der Waals surface area contributed by atoms with Gasteiger partial charge in [0, 0.05) is 29.0 Å². The summed E-state index contributed by atoms with van der Waals surface area (Å²) in [6, 6.07) is 24.9. The van der Waals surface area contributed by atoms with Gasteiger partial charge in [0.05, 0.1) is 21.5 Å². The van der Waals surface area contributed by atoms with Gasteiger partial charge in [-0.15, -0.1) is 0 Å². The summed E-state index contributed by atoms with van der Waals surface area (Å²) in [5, 5.41) is 0.715. The van der Waals surface area contributed by atoms with Gasteiger partial charge in [-0.2, -0.15) is 0 Å². The lowest BCUT2D eigenvalue weighted by Gasteiger charge is -2.10. The number of anilines is 1.